The molecule has 128 valence electrons. The molecule has 0 unspecified atom stereocenters. The van der Waals surface area contributed by atoms with Gasteiger partial charge in [-0.1, -0.05) is 34.1 Å². The summed E-state index contributed by atoms with van der Waals surface area (Å²) < 4.78 is 32.2. The Labute approximate surface area is 149 Å². The second-order valence-electron chi connectivity index (χ2n) is 4.95. The molecule has 0 atom stereocenters. The van der Waals surface area contributed by atoms with Crippen molar-refractivity contribution in [1.82, 2.24) is 4.72 Å². The first kappa shape index (κ1) is 18.4. The van der Waals surface area contributed by atoms with Crippen molar-refractivity contribution < 1.29 is 17.9 Å². The van der Waals surface area contributed by atoms with Crippen LogP contribution in [0.2, 0.25) is 0 Å². The molecule has 0 radical (unpaired) electrons. The number of nitrogens with one attached hydrogen (secondary N) is 2. The maximum Gasteiger partial charge on any atom is 0.239 e. The first-order valence-electron chi connectivity index (χ1n) is 7.04. The number of ether oxygens (including phenoxy) is 1. The number of benzene rings is 2. The molecule has 0 aromatic heterocycles. The number of amides is 1. The molecule has 0 saturated carbocycles. The molecule has 0 aliphatic heterocycles. The molecule has 2 aromatic carbocycles. The van der Waals surface area contributed by atoms with Crippen molar-refractivity contribution in [3.63, 3.8) is 0 Å². The van der Waals surface area contributed by atoms with E-state index < -0.39 is 15.9 Å². The maximum absolute atomic E-state index is 12.1. The molecule has 6 nitrogen and oxygen atoms in total. The zero-order valence-corrected chi connectivity index (χ0v) is 15.4. The van der Waals surface area contributed by atoms with Crippen LogP contribution >= 0.6 is 15.9 Å². The molecule has 0 heterocycles. The van der Waals surface area contributed by atoms with Gasteiger partial charge < -0.3 is 10.1 Å². The van der Waals surface area contributed by atoms with Crippen molar-refractivity contribution in [2.24, 2.45) is 0 Å². The quantitative estimate of drug-likeness (QED) is 0.731. The fourth-order valence-electron chi connectivity index (χ4n) is 1.93. The van der Waals surface area contributed by atoms with E-state index in [0.29, 0.717) is 21.5 Å². The molecular formula is C16H17BrN2O4S. The highest BCUT2D eigenvalue weighted by molar-refractivity contribution is 9.10. The molecule has 0 fully saturated rings. The van der Waals surface area contributed by atoms with Crippen molar-refractivity contribution in [3.8, 4) is 5.75 Å². The minimum absolute atomic E-state index is 0.204. The van der Waals surface area contributed by atoms with Gasteiger partial charge in [-0.2, -0.15) is 0 Å². The lowest BCUT2D eigenvalue weighted by Crippen LogP contribution is -2.33. The zero-order valence-electron chi connectivity index (χ0n) is 13.0. The van der Waals surface area contributed by atoms with Crippen LogP contribution in [0.1, 0.15) is 5.56 Å². The van der Waals surface area contributed by atoms with Gasteiger partial charge in [0.05, 0.1) is 19.4 Å². The molecule has 0 saturated heterocycles. The van der Waals surface area contributed by atoms with Gasteiger partial charge in [-0.3, -0.25) is 4.79 Å². The molecule has 24 heavy (non-hydrogen) atoms. The monoisotopic (exact) mass is 412 g/mol. The average Bonchev–Trinajstić information content (AvgIpc) is 2.56. The lowest BCUT2D eigenvalue weighted by atomic mass is 10.2. The molecule has 1 amide bonds. The van der Waals surface area contributed by atoms with Gasteiger partial charge >= 0.3 is 0 Å². The van der Waals surface area contributed by atoms with Crippen molar-refractivity contribution in [1.29, 1.82) is 0 Å². The standard InChI is InChI=1S/C16H17BrN2O4S/c1-23-14-8-6-13(7-9-14)19-16(20)10-18-24(21,22)11-12-4-2-3-5-15(12)17/h2-9,18H,10-11H2,1H3,(H,19,20). The highest BCUT2D eigenvalue weighted by Crippen LogP contribution is 2.18. The van der Waals surface area contributed by atoms with Gasteiger partial charge in [-0.15, -0.1) is 0 Å². The van der Waals surface area contributed by atoms with Crippen LogP contribution in [0.25, 0.3) is 0 Å². The molecule has 2 N–H and O–H groups in total. The van der Waals surface area contributed by atoms with E-state index in [0.717, 1.165) is 0 Å². The number of sulfonamides is 1. The van der Waals surface area contributed by atoms with Crippen molar-refractivity contribution in [3.05, 3.63) is 58.6 Å². The lowest BCUT2D eigenvalue weighted by molar-refractivity contribution is -0.115. The Bertz CT molecular complexity index is 807. The lowest BCUT2D eigenvalue weighted by Gasteiger charge is -2.09. The number of hydrogen-bond donors (Lipinski definition) is 2. The van der Waals surface area contributed by atoms with E-state index in [4.69, 9.17) is 4.74 Å². The summed E-state index contributed by atoms with van der Waals surface area (Å²) in [5.41, 5.74) is 1.19. The van der Waals surface area contributed by atoms with E-state index >= 15 is 0 Å². The summed E-state index contributed by atoms with van der Waals surface area (Å²) in [5, 5.41) is 2.61. The second-order valence-corrected chi connectivity index (χ2v) is 7.61. The first-order valence-corrected chi connectivity index (χ1v) is 9.49. The molecule has 2 rings (SSSR count). The maximum atomic E-state index is 12.1. The van der Waals surface area contributed by atoms with Crippen LogP contribution < -0.4 is 14.8 Å². The van der Waals surface area contributed by atoms with E-state index in [1.807, 2.05) is 0 Å². The summed E-state index contributed by atoms with van der Waals surface area (Å²) >= 11 is 3.30. The second kappa shape index (κ2) is 8.27. The molecule has 0 aliphatic rings. The number of carbonyl (C=O) groups excluding carboxylic acids is 1. The van der Waals surface area contributed by atoms with Crippen LogP contribution in [0.5, 0.6) is 5.75 Å². The normalized spacial score (nSPS) is 11.1. The number of carbonyl (C=O) groups is 1. The number of anilines is 1. The number of rotatable bonds is 7. The highest BCUT2D eigenvalue weighted by Gasteiger charge is 2.15. The minimum atomic E-state index is -3.62. The summed E-state index contributed by atoms with van der Waals surface area (Å²) in [6.45, 7) is -0.335. The van der Waals surface area contributed by atoms with Gasteiger partial charge in [0.2, 0.25) is 15.9 Å². The van der Waals surface area contributed by atoms with E-state index in [1.165, 1.54) is 0 Å². The van der Waals surface area contributed by atoms with Crippen LogP contribution in [0.3, 0.4) is 0 Å². The SMILES string of the molecule is COc1ccc(NC(=O)CNS(=O)(=O)Cc2ccccc2Br)cc1. The van der Waals surface area contributed by atoms with Gasteiger partial charge in [0.1, 0.15) is 5.75 Å². The van der Waals surface area contributed by atoms with Crippen LogP contribution in [-0.4, -0.2) is 28.0 Å². The van der Waals surface area contributed by atoms with Gasteiger partial charge in [0, 0.05) is 10.2 Å². The van der Waals surface area contributed by atoms with Crippen molar-refractivity contribution >= 4 is 37.5 Å². The fourth-order valence-corrected chi connectivity index (χ4v) is 3.65. The van der Waals surface area contributed by atoms with E-state index in [9.17, 15) is 13.2 Å². The van der Waals surface area contributed by atoms with Gasteiger partial charge in [0.25, 0.3) is 0 Å². The summed E-state index contributed by atoms with van der Waals surface area (Å²) in [6, 6.07) is 13.8. The fraction of sp³-hybridized carbons (Fsp3) is 0.188. The number of methoxy groups -OCH3 is 1. The Morgan fingerprint density at radius 1 is 1.12 bits per heavy atom. The Balaban J connectivity index is 1.89. The summed E-state index contributed by atoms with van der Waals surface area (Å²) in [4.78, 5) is 11.9. The summed E-state index contributed by atoms with van der Waals surface area (Å²) in [7, 11) is -2.07. The zero-order chi connectivity index (χ0) is 17.6. The largest absolute Gasteiger partial charge is 0.497 e. The predicted octanol–water partition coefficient (Wildman–Crippen LogP) is 2.52. The van der Waals surface area contributed by atoms with Crippen molar-refractivity contribution in [2.75, 3.05) is 19.0 Å². The smallest absolute Gasteiger partial charge is 0.239 e. The van der Waals surface area contributed by atoms with Crippen LogP contribution in [0.4, 0.5) is 5.69 Å². The van der Waals surface area contributed by atoms with E-state index in [2.05, 4.69) is 26.0 Å². The third-order valence-electron chi connectivity index (χ3n) is 3.13. The minimum Gasteiger partial charge on any atom is -0.497 e. The Morgan fingerprint density at radius 3 is 2.42 bits per heavy atom. The molecule has 0 spiro atoms. The predicted molar refractivity (Wildman–Crippen MR) is 96.4 cm³/mol. The molecule has 0 aliphatic carbocycles. The van der Waals surface area contributed by atoms with Crippen LogP contribution in [0, 0.1) is 0 Å². The van der Waals surface area contributed by atoms with Gasteiger partial charge in [0.15, 0.2) is 0 Å². The Morgan fingerprint density at radius 2 is 1.79 bits per heavy atom. The number of hydrogen-bond acceptors (Lipinski definition) is 4. The van der Waals surface area contributed by atoms with Gasteiger partial charge in [-0.05, 0) is 35.9 Å². The molecule has 2 aromatic rings. The van der Waals surface area contributed by atoms with Crippen molar-refractivity contribution in [2.45, 2.75) is 5.75 Å². The Kier molecular flexibility index (Phi) is 6.36. The number of halogens is 1. The Hall–Kier alpha value is -1.90. The summed E-state index contributed by atoms with van der Waals surface area (Å²) in [5.74, 6) is 0.0163. The highest BCUT2D eigenvalue weighted by atomic mass is 79.9. The van der Waals surface area contributed by atoms with Crippen LogP contribution in [-0.2, 0) is 20.6 Å². The van der Waals surface area contributed by atoms with Crippen LogP contribution in [0.15, 0.2) is 53.0 Å². The molecule has 8 heteroatoms. The van der Waals surface area contributed by atoms with Gasteiger partial charge in [-0.25, -0.2) is 13.1 Å². The third kappa shape index (κ3) is 5.63. The first-order chi connectivity index (χ1) is 11.4. The average molecular weight is 413 g/mol. The van der Waals surface area contributed by atoms with E-state index in [-0.39, 0.29) is 12.3 Å². The summed E-state index contributed by atoms with van der Waals surface area (Å²) in [6.07, 6.45) is 0. The molecular weight excluding hydrogens is 396 g/mol. The third-order valence-corrected chi connectivity index (χ3v) is 5.18. The topological polar surface area (TPSA) is 84.5 Å². The molecule has 0 bridgehead atoms. The van der Waals surface area contributed by atoms with E-state index in [1.54, 1.807) is 55.6 Å².